The lowest BCUT2D eigenvalue weighted by Crippen LogP contribution is -2.08. The number of rotatable bonds is 8. The summed E-state index contributed by atoms with van der Waals surface area (Å²) in [6.45, 7) is 0.546. The minimum Gasteiger partial charge on any atom is -0.493 e. The number of ether oxygens (including phenoxy) is 2. The molecule has 0 amide bonds. The molecule has 0 radical (unpaired) electrons. The van der Waals surface area contributed by atoms with E-state index in [0.29, 0.717) is 12.4 Å². The fourth-order valence-electron chi connectivity index (χ4n) is 1.12. The van der Waals surface area contributed by atoms with Crippen LogP contribution in [0.3, 0.4) is 0 Å². The van der Waals surface area contributed by atoms with Crippen molar-refractivity contribution in [2.45, 2.75) is 0 Å². The van der Waals surface area contributed by atoms with E-state index in [4.69, 9.17) is 14.0 Å². The molecule has 0 aliphatic heterocycles. The van der Waals surface area contributed by atoms with E-state index in [1.54, 1.807) is 12.1 Å². The van der Waals surface area contributed by atoms with Gasteiger partial charge >= 0.3 is 7.60 Å². The molecule has 17 heavy (non-hydrogen) atoms. The fraction of sp³-hybridized carbons (Fsp3) is 0.455. The van der Waals surface area contributed by atoms with Gasteiger partial charge in [-0.05, 0) is 12.1 Å². The van der Waals surface area contributed by atoms with Gasteiger partial charge in [0.1, 0.15) is 5.75 Å². The molecule has 0 saturated heterocycles. The second-order valence-corrected chi connectivity index (χ2v) is 5.33. The van der Waals surface area contributed by atoms with Gasteiger partial charge in [-0.25, -0.2) is 0 Å². The van der Waals surface area contributed by atoms with Crippen LogP contribution in [-0.2, 0) is 13.8 Å². The fourth-order valence-corrected chi connectivity index (χ4v) is 1.93. The molecule has 0 bridgehead atoms. The standard InChI is InChI=1S/C11H17O5P/c1-14-7-8-16-17(12,13)10-9-15-11-5-3-2-4-6-11/h2-6H,7-10H2,1H3,(H,12,13). The first-order valence-corrected chi connectivity index (χ1v) is 7.03. The second kappa shape index (κ2) is 7.45. The Labute approximate surface area is 101 Å². The summed E-state index contributed by atoms with van der Waals surface area (Å²) in [5, 5.41) is 0. The quantitative estimate of drug-likeness (QED) is 0.571. The van der Waals surface area contributed by atoms with Crippen molar-refractivity contribution in [1.82, 2.24) is 0 Å². The first kappa shape index (κ1) is 14.2. The Kier molecular flexibility index (Phi) is 6.22. The van der Waals surface area contributed by atoms with Gasteiger partial charge in [0.25, 0.3) is 0 Å². The first-order chi connectivity index (χ1) is 8.14. The molecule has 1 rings (SSSR count). The number of methoxy groups -OCH3 is 1. The van der Waals surface area contributed by atoms with Crippen molar-refractivity contribution in [2.24, 2.45) is 0 Å². The van der Waals surface area contributed by atoms with E-state index in [-0.39, 0.29) is 19.4 Å². The minimum atomic E-state index is -3.56. The Hall–Kier alpha value is -0.870. The van der Waals surface area contributed by atoms with Crippen LogP contribution < -0.4 is 4.74 Å². The van der Waals surface area contributed by atoms with Gasteiger partial charge in [-0.2, -0.15) is 0 Å². The van der Waals surface area contributed by atoms with Gasteiger partial charge in [0.2, 0.25) is 0 Å². The average molecular weight is 260 g/mol. The number of hydrogen-bond acceptors (Lipinski definition) is 4. The van der Waals surface area contributed by atoms with E-state index in [1.807, 2.05) is 18.2 Å². The molecule has 0 saturated carbocycles. The molecule has 1 N–H and O–H groups in total. The molecule has 0 heterocycles. The third-order valence-electron chi connectivity index (χ3n) is 1.97. The Balaban J connectivity index is 2.23. The van der Waals surface area contributed by atoms with E-state index in [1.165, 1.54) is 7.11 Å². The lowest BCUT2D eigenvalue weighted by atomic mass is 10.3. The van der Waals surface area contributed by atoms with Crippen LogP contribution >= 0.6 is 7.60 Å². The van der Waals surface area contributed by atoms with E-state index in [9.17, 15) is 9.46 Å². The predicted octanol–water partition coefficient (Wildman–Crippen LogP) is 1.91. The molecule has 0 aliphatic carbocycles. The molecule has 5 nitrogen and oxygen atoms in total. The zero-order valence-corrected chi connectivity index (χ0v) is 10.6. The molecule has 96 valence electrons. The Bertz CT molecular complexity index is 354. The predicted molar refractivity (Wildman–Crippen MR) is 64.5 cm³/mol. The summed E-state index contributed by atoms with van der Waals surface area (Å²) in [5.41, 5.74) is 0. The normalized spacial score (nSPS) is 14.2. The van der Waals surface area contributed by atoms with Crippen molar-refractivity contribution in [3.63, 3.8) is 0 Å². The van der Waals surface area contributed by atoms with E-state index in [0.717, 1.165) is 0 Å². The van der Waals surface area contributed by atoms with Crippen molar-refractivity contribution >= 4 is 7.60 Å². The Morgan fingerprint density at radius 3 is 2.53 bits per heavy atom. The van der Waals surface area contributed by atoms with Crippen LogP contribution in [0.5, 0.6) is 5.75 Å². The maximum atomic E-state index is 11.5. The van der Waals surface area contributed by atoms with Gasteiger partial charge in [0, 0.05) is 7.11 Å². The molecular weight excluding hydrogens is 243 g/mol. The van der Waals surface area contributed by atoms with Crippen LogP contribution in [0.2, 0.25) is 0 Å². The highest BCUT2D eigenvalue weighted by molar-refractivity contribution is 7.52. The molecule has 0 spiro atoms. The van der Waals surface area contributed by atoms with E-state index in [2.05, 4.69) is 0 Å². The zero-order chi connectivity index (χ0) is 12.6. The van der Waals surface area contributed by atoms with Crippen LogP contribution in [0.1, 0.15) is 0 Å². The van der Waals surface area contributed by atoms with Crippen LogP contribution in [-0.4, -0.2) is 38.0 Å². The van der Waals surface area contributed by atoms with Crippen molar-refractivity contribution in [3.05, 3.63) is 30.3 Å². The molecule has 6 heteroatoms. The van der Waals surface area contributed by atoms with Crippen molar-refractivity contribution < 1.29 is 23.5 Å². The van der Waals surface area contributed by atoms with Crippen molar-refractivity contribution in [3.8, 4) is 5.75 Å². The number of para-hydroxylation sites is 1. The van der Waals surface area contributed by atoms with Crippen LogP contribution in [0.25, 0.3) is 0 Å². The molecule has 0 fully saturated rings. The lowest BCUT2D eigenvalue weighted by Gasteiger charge is -2.12. The van der Waals surface area contributed by atoms with Crippen LogP contribution in [0, 0.1) is 0 Å². The highest BCUT2D eigenvalue weighted by atomic mass is 31.2. The van der Waals surface area contributed by atoms with Gasteiger partial charge in [-0.1, -0.05) is 18.2 Å². The van der Waals surface area contributed by atoms with Gasteiger partial charge in [0.05, 0.1) is 26.0 Å². The van der Waals surface area contributed by atoms with Gasteiger partial charge in [-0.15, -0.1) is 0 Å². The van der Waals surface area contributed by atoms with Crippen LogP contribution in [0.4, 0.5) is 0 Å². The molecule has 1 atom stereocenters. The average Bonchev–Trinajstić information content (AvgIpc) is 2.30. The third-order valence-corrected chi connectivity index (χ3v) is 3.30. The number of hydrogen-bond donors (Lipinski definition) is 1. The summed E-state index contributed by atoms with van der Waals surface area (Å²) in [4.78, 5) is 9.42. The summed E-state index contributed by atoms with van der Waals surface area (Å²) in [5.74, 6) is 0.671. The van der Waals surface area contributed by atoms with Gasteiger partial charge in [0.15, 0.2) is 0 Å². The first-order valence-electron chi connectivity index (χ1n) is 5.27. The van der Waals surface area contributed by atoms with Crippen molar-refractivity contribution in [1.29, 1.82) is 0 Å². The lowest BCUT2D eigenvalue weighted by molar-refractivity contribution is 0.136. The topological polar surface area (TPSA) is 65.0 Å². The third kappa shape index (κ3) is 6.44. The summed E-state index contributed by atoms with van der Waals surface area (Å²) < 4.78 is 26.3. The highest BCUT2D eigenvalue weighted by Crippen LogP contribution is 2.41. The second-order valence-electron chi connectivity index (χ2n) is 3.35. The largest absolute Gasteiger partial charge is 0.493 e. The monoisotopic (exact) mass is 260 g/mol. The van der Waals surface area contributed by atoms with Crippen LogP contribution in [0.15, 0.2) is 30.3 Å². The Morgan fingerprint density at radius 2 is 1.88 bits per heavy atom. The molecule has 0 aromatic heterocycles. The van der Waals surface area contributed by atoms with Gasteiger partial charge in [-0.3, -0.25) is 4.57 Å². The highest BCUT2D eigenvalue weighted by Gasteiger charge is 2.18. The maximum absolute atomic E-state index is 11.5. The van der Waals surface area contributed by atoms with E-state index >= 15 is 0 Å². The van der Waals surface area contributed by atoms with Crippen molar-refractivity contribution in [2.75, 3.05) is 33.1 Å². The molecular formula is C11H17O5P. The molecule has 1 aromatic carbocycles. The molecule has 1 aromatic rings. The molecule has 1 unspecified atom stereocenters. The Morgan fingerprint density at radius 1 is 1.18 bits per heavy atom. The summed E-state index contributed by atoms with van der Waals surface area (Å²) in [7, 11) is -2.06. The molecule has 0 aliphatic rings. The summed E-state index contributed by atoms with van der Waals surface area (Å²) in [6.07, 6.45) is -0.0361. The van der Waals surface area contributed by atoms with Gasteiger partial charge < -0.3 is 18.9 Å². The zero-order valence-electron chi connectivity index (χ0n) is 9.74. The smallest absolute Gasteiger partial charge is 0.331 e. The van der Waals surface area contributed by atoms with E-state index < -0.39 is 7.60 Å². The number of benzene rings is 1. The maximum Gasteiger partial charge on any atom is 0.331 e. The SMILES string of the molecule is COCCOP(=O)(O)CCOc1ccccc1. The minimum absolute atomic E-state index is 0.0361. The summed E-state index contributed by atoms with van der Waals surface area (Å²) >= 11 is 0. The summed E-state index contributed by atoms with van der Waals surface area (Å²) in [6, 6.07) is 9.12.